The summed E-state index contributed by atoms with van der Waals surface area (Å²) in [6, 6.07) is 1.02. The molecule has 134 valence electrons. The molecule has 2 aliphatic heterocycles. The summed E-state index contributed by atoms with van der Waals surface area (Å²) >= 11 is 0. The number of rotatable bonds is 3. The minimum absolute atomic E-state index is 0.0287. The van der Waals surface area contributed by atoms with Gasteiger partial charge in [0.2, 0.25) is 11.8 Å². The van der Waals surface area contributed by atoms with Crippen LogP contribution in [0.1, 0.15) is 41.3 Å². The number of nitrogens with one attached hydrogen (secondary N) is 1. The lowest BCUT2D eigenvalue weighted by Crippen LogP contribution is -2.52. The second-order valence-corrected chi connectivity index (χ2v) is 5.80. The zero-order chi connectivity index (χ0) is 18.4. The van der Waals surface area contributed by atoms with E-state index in [0.717, 1.165) is 11.0 Å². The third kappa shape index (κ3) is 2.94. The zero-order valence-electron chi connectivity index (χ0n) is 13.3. The van der Waals surface area contributed by atoms with Gasteiger partial charge in [-0.15, -0.1) is 0 Å². The van der Waals surface area contributed by atoms with Crippen LogP contribution in [0.15, 0.2) is 12.1 Å². The highest BCUT2D eigenvalue weighted by atomic mass is 19.4. The lowest BCUT2D eigenvalue weighted by atomic mass is 10.0. The molecule has 0 spiro atoms. The van der Waals surface area contributed by atoms with Crippen LogP contribution in [0.5, 0.6) is 5.75 Å². The van der Waals surface area contributed by atoms with Gasteiger partial charge in [0.25, 0.3) is 5.91 Å². The first kappa shape index (κ1) is 17.2. The summed E-state index contributed by atoms with van der Waals surface area (Å²) in [4.78, 5) is 37.0. The number of carbonyl (C=O) groups excluding carboxylic acids is 3. The Kier molecular flexibility index (Phi) is 4.18. The molecule has 2 heterocycles. The van der Waals surface area contributed by atoms with Gasteiger partial charge >= 0.3 is 6.18 Å². The van der Waals surface area contributed by atoms with Gasteiger partial charge in [-0.1, -0.05) is 0 Å². The van der Waals surface area contributed by atoms with Crippen LogP contribution in [0.4, 0.5) is 13.2 Å². The number of carbonyl (C=O) groups is 3. The molecule has 1 saturated heterocycles. The minimum atomic E-state index is -4.70. The highest BCUT2D eigenvalue weighted by Gasteiger charge is 2.45. The van der Waals surface area contributed by atoms with Crippen LogP contribution in [0.3, 0.4) is 0 Å². The van der Waals surface area contributed by atoms with Crippen molar-refractivity contribution in [2.75, 3.05) is 6.61 Å². The van der Waals surface area contributed by atoms with Crippen LogP contribution >= 0.6 is 0 Å². The van der Waals surface area contributed by atoms with E-state index in [1.165, 1.54) is 6.07 Å². The lowest BCUT2D eigenvalue weighted by molar-refractivity contribution is -0.138. The Morgan fingerprint density at radius 2 is 2.00 bits per heavy atom. The fraction of sp³-hybridized carbons (Fsp3) is 0.438. The largest absolute Gasteiger partial charge is 0.494 e. The number of halogens is 3. The van der Waals surface area contributed by atoms with Crippen LogP contribution in [-0.2, 0) is 22.3 Å². The van der Waals surface area contributed by atoms with Gasteiger partial charge in [-0.2, -0.15) is 13.2 Å². The van der Waals surface area contributed by atoms with Gasteiger partial charge < -0.3 is 9.64 Å². The molecule has 0 bridgehead atoms. The third-order valence-corrected chi connectivity index (χ3v) is 4.26. The Morgan fingerprint density at radius 1 is 1.28 bits per heavy atom. The Labute approximate surface area is 140 Å². The molecule has 1 atom stereocenters. The maximum absolute atomic E-state index is 13.3. The number of hydrogen-bond acceptors (Lipinski definition) is 4. The number of hydrogen-bond donors (Lipinski definition) is 1. The highest BCUT2D eigenvalue weighted by molar-refractivity contribution is 6.06. The van der Waals surface area contributed by atoms with Crippen LogP contribution in [0.2, 0.25) is 0 Å². The van der Waals surface area contributed by atoms with E-state index in [1.54, 1.807) is 6.92 Å². The Hall–Kier alpha value is -2.58. The van der Waals surface area contributed by atoms with Crippen molar-refractivity contribution in [3.05, 3.63) is 28.8 Å². The summed E-state index contributed by atoms with van der Waals surface area (Å²) in [5.74, 6) is -1.83. The average molecular weight is 356 g/mol. The fourth-order valence-corrected chi connectivity index (χ4v) is 3.17. The summed E-state index contributed by atoms with van der Waals surface area (Å²) in [6.45, 7) is 1.74. The molecule has 0 aliphatic carbocycles. The van der Waals surface area contributed by atoms with Gasteiger partial charge in [-0.3, -0.25) is 19.7 Å². The van der Waals surface area contributed by atoms with E-state index in [2.05, 4.69) is 5.32 Å². The highest BCUT2D eigenvalue weighted by Crippen LogP contribution is 2.41. The summed E-state index contributed by atoms with van der Waals surface area (Å²) in [7, 11) is 0. The van der Waals surface area contributed by atoms with Gasteiger partial charge in [-0.25, -0.2) is 0 Å². The van der Waals surface area contributed by atoms with Crippen molar-refractivity contribution in [1.29, 1.82) is 0 Å². The first-order valence-electron chi connectivity index (χ1n) is 7.74. The van der Waals surface area contributed by atoms with Gasteiger partial charge in [-0.05, 0) is 25.5 Å². The second-order valence-electron chi connectivity index (χ2n) is 5.80. The maximum atomic E-state index is 13.3. The lowest BCUT2D eigenvalue weighted by Gasteiger charge is -2.29. The monoisotopic (exact) mass is 356 g/mol. The van der Waals surface area contributed by atoms with E-state index in [0.29, 0.717) is 0 Å². The van der Waals surface area contributed by atoms with E-state index >= 15 is 0 Å². The van der Waals surface area contributed by atoms with E-state index in [4.69, 9.17) is 4.74 Å². The van der Waals surface area contributed by atoms with Crippen molar-refractivity contribution in [2.24, 2.45) is 0 Å². The number of imide groups is 1. The summed E-state index contributed by atoms with van der Waals surface area (Å²) < 4.78 is 45.2. The molecule has 1 unspecified atom stereocenters. The topological polar surface area (TPSA) is 75.7 Å². The molecule has 3 rings (SSSR count). The van der Waals surface area contributed by atoms with Crippen molar-refractivity contribution >= 4 is 17.7 Å². The van der Waals surface area contributed by atoms with Gasteiger partial charge in [0.05, 0.1) is 24.3 Å². The Bertz CT molecular complexity index is 760. The molecule has 0 radical (unpaired) electrons. The molecule has 0 saturated carbocycles. The molecule has 1 N–H and O–H groups in total. The van der Waals surface area contributed by atoms with Crippen molar-refractivity contribution in [2.45, 2.75) is 38.5 Å². The molecule has 6 nitrogen and oxygen atoms in total. The molecular weight excluding hydrogens is 341 g/mol. The minimum Gasteiger partial charge on any atom is -0.494 e. The Morgan fingerprint density at radius 3 is 2.60 bits per heavy atom. The molecule has 9 heteroatoms. The normalized spacial score (nSPS) is 20.6. The molecule has 2 aliphatic rings. The first-order valence-corrected chi connectivity index (χ1v) is 7.74. The quantitative estimate of drug-likeness (QED) is 0.839. The van der Waals surface area contributed by atoms with Crippen molar-refractivity contribution < 1.29 is 32.3 Å². The number of ether oxygens (including phenoxy) is 1. The predicted octanol–water partition coefficient (Wildman–Crippen LogP) is 1.87. The van der Waals surface area contributed by atoms with Crippen molar-refractivity contribution in [3.63, 3.8) is 0 Å². The smallest absolute Gasteiger partial charge is 0.417 e. The van der Waals surface area contributed by atoms with Gasteiger partial charge in [0.1, 0.15) is 11.8 Å². The van der Waals surface area contributed by atoms with Crippen LogP contribution < -0.4 is 10.1 Å². The van der Waals surface area contributed by atoms with Crippen molar-refractivity contribution in [3.8, 4) is 5.75 Å². The fourth-order valence-electron chi connectivity index (χ4n) is 3.17. The van der Waals surface area contributed by atoms with Crippen molar-refractivity contribution in [1.82, 2.24) is 10.2 Å². The number of benzene rings is 1. The number of fused-ring (bicyclic) bond motifs is 1. The SMILES string of the molecule is CCOc1ccc(C(F)(F)F)c2c1CN(C1CCC(=O)NC1=O)C2=O. The Balaban J connectivity index is 2.03. The van der Waals surface area contributed by atoms with Crippen LogP contribution in [-0.4, -0.2) is 35.3 Å². The predicted molar refractivity (Wildman–Crippen MR) is 78.7 cm³/mol. The standard InChI is InChI=1S/C16H15F3N2O4/c1-2-25-11-5-3-9(16(17,18)19)13-8(11)7-21(15(13)24)10-4-6-12(22)20-14(10)23/h3,5,10H,2,4,6-7H2,1H3,(H,20,22,23). The molecule has 1 aromatic carbocycles. The van der Waals surface area contributed by atoms with Crippen LogP contribution in [0, 0.1) is 0 Å². The maximum Gasteiger partial charge on any atom is 0.417 e. The van der Waals surface area contributed by atoms with Crippen LogP contribution in [0.25, 0.3) is 0 Å². The summed E-state index contributed by atoms with van der Waals surface area (Å²) in [5.41, 5.74) is -1.42. The van der Waals surface area contributed by atoms with Gasteiger partial charge in [0, 0.05) is 12.0 Å². The molecule has 25 heavy (non-hydrogen) atoms. The second kappa shape index (κ2) is 6.05. The first-order chi connectivity index (χ1) is 11.7. The number of nitrogens with zero attached hydrogens (tertiary/aromatic N) is 1. The third-order valence-electron chi connectivity index (χ3n) is 4.26. The molecule has 1 aromatic rings. The molecule has 0 aromatic heterocycles. The summed E-state index contributed by atoms with van der Waals surface area (Å²) in [5, 5.41) is 2.11. The number of amides is 3. The number of alkyl halides is 3. The average Bonchev–Trinajstić information content (AvgIpc) is 2.85. The van der Waals surface area contributed by atoms with Gasteiger partial charge in [0.15, 0.2) is 0 Å². The van der Waals surface area contributed by atoms with E-state index < -0.39 is 41.1 Å². The molecule has 1 fully saturated rings. The van der Waals surface area contributed by atoms with E-state index in [9.17, 15) is 27.6 Å². The number of piperidine rings is 1. The van der Waals surface area contributed by atoms with E-state index in [1.807, 2.05) is 0 Å². The summed E-state index contributed by atoms with van der Waals surface area (Å²) in [6.07, 6.45) is -4.60. The van der Waals surface area contributed by atoms with E-state index in [-0.39, 0.29) is 37.3 Å². The molecular formula is C16H15F3N2O4. The molecule has 3 amide bonds. The zero-order valence-corrected chi connectivity index (χ0v) is 13.3.